The summed E-state index contributed by atoms with van der Waals surface area (Å²) < 4.78 is 11.0. The molecule has 1 heterocycles. The summed E-state index contributed by atoms with van der Waals surface area (Å²) in [5, 5.41) is 0. The number of thioether (sulfide) groups is 1. The van der Waals surface area contributed by atoms with Crippen molar-refractivity contribution in [2.24, 2.45) is 0 Å². The van der Waals surface area contributed by atoms with Crippen LogP contribution >= 0.6 is 11.8 Å². The Hall–Kier alpha value is -2.67. The van der Waals surface area contributed by atoms with Crippen LogP contribution in [0.4, 0.5) is 0 Å². The van der Waals surface area contributed by atoms with E-state index in [-0.39, 0.29) is 11.8 Å². The molecule has 1 aliphatic heterocycles. The SMILES string of the molecule is CCCCN(CC)C(=O)[C@@H]1c2cc(OC)c(OC)cc2C(=O)N(C)[C@H]1c1ccc(SC)cc1. The van der Waals surface area contributed by atoms with Gasteiger partial charge in [0.2, 0.25) is 5.91 Å². The lowest BCUT2D eigenvalue weighted by Crippen LogP contribution is -2.47. The lowest BCUT2D eigenvalue weighted by Gasteiger charge is -2.41. The minimum atomic E-state index is -0.542. The number of hydrogen-bond acceptors (Lipinski definition) is 5. The molecule has 0 spiro atoms. The Kier molecular flexibility index (Phi) is 8.30. The van der Waals surface area contributed by atoms with Crippen molar-refractivity contribution in [3.05, 3.63) is 53.1 Å². The standard InChI is InChI=1S/C26H34N2O4S/c1-7-9-14-28(8-2)26(30)23-19-15-21(31-4)22(32-5)16-20(19)25(29)27(3)24(23)17-10-12-18(33-6)13-11-17/h10-13,15-16,23-24H,7-9,14H2,1-6H3/t23-,24+/m1/s1. The van der Waals surface area contributed by atoms with Crippen molar-refractivity contribution in [3.63, 3.8) is 0 Å². The van der Waals surface area contributed by atoms with Crippen molar-refractivity contribution in [3.8, 4) is 11.5 Å². The molecule has 178 valence electrons. The predicted molar refractivity (Wildman–Crippen MR) is 133 cm³/mol. The maximum Gasteiger partial charge on any atom is 0.254 e. The number of fused-ring (bicyclic) bond motifs is 1. The topological polar surface area (TPSA) is 59.1 Å². The number of hydrogen-bond donors (Lipinski definition) is 0. The zero-order chi connectivity index (χ0) is 24.1. The molecular weight excluding hydrogens is 436 g/mol. The van der Waals surface area contributed by atoms with Gasteiger partial charge in [0.15, 0.2) is 11.5 Å². The highest BCUT2D eigenvalue weighted by Gasteiger charge is 2.44. The second-order valence-electron chi connectivity index (χ2n) is 8.18. The normalized spacial score (nSPS) is 17.5. The highest BCUT2D eigenvalue weighted by atomic mass is 32.2. The number of unbranched alkanes of at least 4 members (excludes halogenated alkanes) is 1. The molecule has 6 nitrogen and oxygen atoms in total. The average molecular weight is 471 g/mol. The van der Waals surface area contributed by atoms with Crippen molar-refractivity contribution in [1.82, 2.24) is 9.80 Å². The van der Waals surface area contributed by atoms with Crippen LogP contribution in [0.15, 0.2) is 41.3 Å². The first-order valence-electron chi connectivity index (χ1n) is 11.4. The van der Waals surface area contributed by atoms with E-state index < -0.39 is 12.0 Å². The van der Waals surface area contributed by atoms with Crippen LogP contribution in [-0.4, -0.2) is 62.2 Å². The maximum absolute atomic E-state index is 14.0. The molecule has 0 saturated carbocycles. The number of amides is 2. The molecule has 0 radical (unpaired) electrons. The molecule has 0 N–H and O–H groups in total. The zero-order valence-electron chi connectivity index (χ0n) is 20.4. The Bertz CT molecular complexity index is 993. The summed E-state index contributed by atoms with van der Waals surface area (Å²) in [6.45, 7) is 5.44. The number of ether oxygens (including phenoxy) is 2. The highest BCUT2D eigenvalue weighted by Crippen LogP contribution is 2.46. The largest absolute Gasteiger partial charge is 0.493 e. The van der Waals surface area contributed by atoms with Crippen LogP contribution in [0, 0.1) is 0 Å². The summed E-state index contributed by atoms with van der Waals surface area (Å²) in [5.74, 6) is 0.340. The fraction of sp³-hybridized carbons (Fsp3) is 0.462. The van der Waals surface area contributed by atoms with E-state index in [1.54, 1.807) is 50.1 Å². The third kappa shape index (κ3) is 4.83. The Labute approximate surface area is 201 Å². The molecule has 33 heavy (non-hydrogen) atoms. The number of benzene rings is 2. The van der Waals surface area contributed by atoms with E-state index in [0.29, 0.717) is 35.7 Å². The first-order valence-corrected chi connectivity index (χ1v) is 12.6. The van der Waals surface area contributed by atoms with E-state index in [4.69, 9.17) is 9.47 Å². The molecule has 3 rings (SSSR count). The van der Waals surface area contributed by atoms with Crippen molar-refractivity contribution in [1.29, 1.82) is 0 Å². The first kappa shape index (κ1) is 25.0. The van der Waals surface area contributed by atoms with Gasteiger partial charge in [0.25, 0.3) is 5.91 Å². The molecule has 0 aliphatic carbocycles. The van der Waals surface area contributed by atoms with E-state index >= 15 is 0 Å². The maximum atomic E-state index is 14.0. The predicted octanol–water partition coefficient (Wildman–Crippen LogP) is 4.98. The summed E-state index contributed by atoms with van der Waals surface area (Å²) in [6.07, 6.45) is 3.97. The van der Waals surface area contributed by atoms with Gasteiger partial charge in [-0.25, -0.2) is 0 Å². The van der Waals surface area contributed by atoms with Crippen molar-refractivity contribution < 1.29 is 19.1 Å². The molecule has 0 fully saturated rings. The second kappa shape index (κ2) is 11.0. The van der Waals surface area contributed by atoms with Crippen molar-refractivity contribution in [2.75, 3.05) is 40.6 Å². The van der Waals surface area contributed by atoms with Gasteiger partial charge in [0, 0.05) is 30.6 Å². The number of carbonyl (C=O) groups excluding carboxylic acids is 2. The molecule has 1 aliphatic rings. The number of nitrogens with zero attached hydrogens (tertiary/aromatic N) is 2. The van der Waals surface area contributed by atoms with Gasteiger partial charge >= 0.3 is 0 Å². The first-order chi connectivity index (χ1) is 15.9. The van der Waals surface area contributed by atoms with Crippen molar-refractivity contribution >= 4 is 23.6 Å². The molecule has 2 aromatic rings. The fourth-order valence-electron chi connectivity index (χ4n) is 4.50. The zero-order valence-corrected chi connectivity index (χ0v) is 21.2. The molecular formula is C26H34N2O4S. The van der Waals surface area contributed by atoms with E-state index in [2.05, 4.69) is 6.92 Å². The molecule has 7 heteroatoms. The quantitative estimate of drug-likeness (QED) is 0.484. The van der Waals surface area contributed by atoms with Gasteiger partial charge in [-0.2, -0.15) is 0 Å². The summed E-state index contributed by atoms with van der Waals surface area (Å²) in [7, 11) is 4.89. The van der Waals surface area contributed by atoms with Gasteiger partial charge in [-0.1, -0.05) is 25.5 Å². The van der Waals surface area contributed by atoms with Crippen LogP contribution in [0.3, 0.4) is 0 Å². The van der Waals surface area contributed by atoms with Gasteiger partial charge in [-0.15, -0.1) is 11.8 Å². The van der Waals surface area contributed by atoms with Gasteiger partial charge in [0.1, 0.15) is 0 Å². The Balaban J connectivity index is 2.21. The minimum absolute atomic E-state index is 0.0257. The third-order valence-electron chi connectivity index (χ3n) is 6.37. The number of carbonyl (C=O) groups is 2. The van der Waals surface area contributed by atoms with Crippen LogP contribution in [0.2, 0.25) is 0 Å². The number of methoxy groups -OCH3 is 2. The monoisotopic (exact) mass is 470 g/mol. The summed E-state index contributed by atoms with van der Waals surface area (Å²) in [5.41, 5.74) is 2.11. The summed E-state index contributed by atoms with van der Waals surface area (Å²) in [4.78, 5) is 32.2. The van der Waals surface area contributed by atoms with E-state index in [0.717, 1.165) is 23.3 Å². The lowest BCUT2D eigenvalue weighted by molar-refractivity contribution is -0.134. The van der Waals surface area contributed by atoms with Gasteiger partial charge in [-0.3, -0.25) is 9.59 Å². The lowest BCUT2D eigenvalue weighted by atomic mass is 9.78. The molecule has 2 atom stereocenters. The Morgan fingerprint density at radius 3 is 2.27 bits per heavy atom. The van der Waals surface area contributed by atoms with Crippen LogP contribution in [0.1, 0.15) is 60.1 Å². The van der Waals surface area contributed by atoms with Gasteiger partial charge in [-0.05, 0) is 55.0 Å². The molecule has 0 bridgehead atoms. The number of likely N-dealkylation sites (N-methyl/N-ethyl adjacent to an activating group) is 2. The van der Waals surface area contributed by atoms with Gasteiger partial charge < -0.3 is 19.3 Å². The van der Waals surface area contributed by atoms with E-state index in [1.165, 1.54) is 0 Å². The molecule has 0 saturated heterocycles. The molecule has 0 aromatic heterocycles. The smallest absolute Gasteiger partial charge is 0.254 e. The Morgan fingerprint density at radius 2 is 1.73 bits per heavy atom. The third-order valence-corrected chi connectivity index (χ3v) is 7.12. The van der Waals surface area contributed by atoms with E-state index in [1.807, 2.05) is 42.3 Å². The number of rotatable bonds is 9. The van der Waals surface area contributed by atoms with E-state index in [9.17, 15) is 9.59 Å². The Morgan fingerprint density at radius 1 is 1.09 bits per heavy atom. The highest BCUT2D eigenvalue weighted by molar-refractivity contribution is 7.98. The molecule has 2 aromatic carbocycles. The second-order valence-corrected chi connectivity index (χ2v) is 9.06. The van der Waals surface area contributed by atoms with Crippen molar-refractivity contribution in [2.45, 2.75) is 43.5 Å². The van der Waals surface area contributed by atoms with Crippen LogP contribution in [0.25, 0.3) is 0 Å². The summed E-state index contributed by atoms with van der Waals surface area (Å²) >= 11 is 1.66. The molecule has 0 unspecified atom stereocenters. The minimum Gasteiger partial charge on any atom is -0.493 e. The average Bonchev–Trinajstić information content (AvgIpc) is 2.85. The summed E-state index contributed by atoms with van der Waals surface area (Å²) in [6, 6.07) is 11.2. The van der Waals surface area contributed by atoms with Crippen LogP contribution in [0.5, 0.6) is 11.5 Å². The van der Waals surface area contributed by atoms with Crippen LogP contribution in [-0.2, 0) is 4.79 Å². The van der Waals surface area contributed by atoms with Gasteiger partial charge in [0.05, 0.1) is 26.2 Å². The molecule has 2 amide bonds. The van der Waals surface area contributed by atoms with Crippen LogP contribution < -0.4 is 9.47 Å². The fourth-order valence-corrected chi connectivity index (χ4v) is 4.91.